The van der Waals surface area contributed by atoms with Crippen LogP contribution in [0.2, 0.25) is 0 Å². The van der Waals surface area contributed by atoms with Crippen LogP contribution in [0.3, 0.4) is 0 Å². The third kappa shape index (κ3) is 7.45. The lowest BCUT2D eigenvalue weighted by Gasteiger charge is -2.32. The van der Waals surface area contributed by atoms with E-state index in [-0.39, 0.29) is 5.91 Å². The zero-order valence-electron chi connectivity index (χ0n) is 15.4. The quantitative estimate of drug-likeness (QED) is 0.660. The summed E-state index contributed by atoms with van der Waals surface area (Å²) in [6.45, 7) is 5.74. The minimum Gasteiger partial charge on any atom is -0.494 e. The number of aryl methyl sites for hydroxylation is 1. The lowest BCUT2D eigenvalue weighted by atomic mass is 10.1. The average molecular weight is 348 g/mol. The van der Waals surface area contributed by atoms with Crippen molar-refractivity contribution in [1.82, 2.24) is 4.90 Å². The molecule has 25 heavy (non-hydrogen) atoms. The third-order valence-corrected chi connectivity index (χ3v) is 4.54. The Balaban J connectivity index is 1.54. The number of benzene rings is 1. The summed E-state index contributed by atoms with van der Waals surface area (Å²) in [5.74, 6) is 1.17. The van der Waals surface area contributed by atoms with Crippen LogP contribution < -0.4 is 10.5 Å². The van der Waals surface area contributed by atoms with Crippen LogP contribution in [0.15, 0.2) is 24.3 Å². The van der Waals surface area contributed by atoms with Crippen LogP contribution in [-0.2, 0) is 9.53 Å². The second-order valence-electron chi connectivity index (χ2n) is 6.72. The van der Waals surface area contributed by atoms with Crippen molar-refractivity contribution in [2.24, 2.45) is 5.73 Å². The molecule has 0 unspecified atom stereocenters. The maximum absolute atomic E-state index is 12.3. The highest BCUT2D eigenvalue weighted by Gasteiger charge is 2.22. The smallest absolute Gasteiger partial charge is 0.222 e. The van der Waals surface area contributed by atoms with E-state index in [0.717, 1.165) is 57.6 Å². The Morgan fingerprint density at radius 3 is 2.72 bits per heavy atom. The van der Waals surface area contributed by atoms with E-state index in [9.17, 15) is 4.79 Å². The molecule has 0 aromatic heterocycles. The number of ether oxygens (including phenoxy) is 2. The van der Waals surface area contributed by atoms with Crippen LogP contribution in [0.4, 0.5) is 0 Å². The molecule has 0 radical (unpaired) electrons. The highest BCUT2D eigenvalue weighted by Crippen LogP contribution is 2.16. The Morgan fingerprint density at radius 2 is 2.00 bits per heavy atom. The lowest BCUT2D eigenvalue weighted by molar-refractivity contribution is -0.134. The first-order chi connectivity index (χ1) is 12.2. The fourth-order valence-corrected chi connectivity index (χ4v) is 3.04. The summed E-state index contributed by atoms with van der Waals surface area (Å²) in [4.78, 5) is 14.2. The molecule has 0 spiro atoms. The molecule has 1 aromatic carbocycles. The Labute approximate surface area is 151 Å². The summed E-state index contributed by atoms with van der Waals surface area (Å²) in [6, 6.07) is 8.05. The third-order valence-electron chi connectivity index (χ3n) is 4.54. The molecule has 1 heterocycles. The zero-order valence-corrected chi connectivity index (χ0v) is 15.4. The number of hydrogen-bond acceptors (Lipinski definition) is 4. The van der Waals surface area contributed by atoms with Gasteiger partial charge >= 0.3 is 0 Å². The molecule has 1 aliphatic rings. The van der Waals surface area contributed by atoms with Gasteiger partial charge in [0, 0.05) is 26.1 Å². The van der Waals surface area contributed by atoms with Gasteiger partial charge in [-0.3, -0.25) is 4.79 Å². The van der Waals surface area contributed by atoms with Crippen molar-refractivity contribution in [3.05, 3.63) is 29.8 Å². The number of carbonyl (C=O) groups is 1. The molecule has 0 saturated carbocycles. The van der Waals surface area contributed by atoms with Crippen molar-refractivity contribution in [3.8, 4) is 5.75 Å². The zero-order chi connectivity index (χ0) is 17.9. The van der Waals surface area contributed by atoms with E-state index >= 15 is 0 Å². The Morgan fingerprint density at radius 1 is 1.20 bits per heavy atom. The van der Waals surface area contributed by atoms with Gasteiger partial charge in [-0.2, -0.15) is 0 Å². The minimum absolute atomic E-state index is 0.260. The van der Waals surface area contributed by atoms with Gasteiger partial charge < -0.3 is 20.1 Å². The van der Waals surface area contributed by atoms with Gasteiger partial charge in [-0.25, -0.2) is 0 Å². The fraction of sp³-hybridized carbons (Fsp3) is 0.650. The topological polar surface area (TPSA) is 64.8 Å². The first-order valence-electron chi connectivity index (χ1n) is 9.48. The highest BCUT2D eigenvalue weighted by molar-refractivity contribution is 5.76. The van der Waals surface area contributed by atoms with E-state index in [4.69, 9.17) is 15.2 Å². The van der Waals surface area contributed by atoms with Gasteiger partial charge in [0.15, 0.2) is 0 Å². The van der Waals surface area contributed by atoms with Crippen LogP contribution in [0.5, 0.6) is 5.75 Å². The summed E-state index contributed by atoms with van der Waals surface area (Å²) in [7, 11) is 0. The number of amides is 1. The maximum Gasteiger partial charge on any atom is 0.222 e. The van der Waals surface area contributed by atoms with Crippen LogP contribution >= 0.6 is 0 Å². The number of nitrogens with zero attached hydrogens (tertiary/aromatic N) is 1. The second-order valence-corrected chi connectivity index (χ2v) is 6.72. The van der Waals surface area contributed by atoms with Gasteiger partial charge in [-0.1, -0.05) is 12.1 Å². The van der Waals surface area contributed by atoms with Gasteiger partial charge in [0.1, 0.15) is 5.75 Å². The van der Waals surface area contributed by atoms with Crippen molar-refractivity contribution in [2.45, 2.75) is 51.6 Å². The number of carbonyl (C=O) groups excluding carboxylic acids is 1. The molecule has 0 bridgehead atoms. The second kappa shape index (κ2) is 11.1. The first kappa shape index (κ1) is 19.7. The van der Waals surface area contributed by atoms with Crippen molar-refractivity contribution in [2.75, 3.05) is 32.8 Å². The van der Waals surface area contributed by atoms with E-state index in [2.05, 4.69) is 13.0 Å². The predicted molar refractivity (Wildman–Crippen MR) is 99.8 cm³/mol. The number of nitrogens with two attached hydrogens (primary N) is 1. The fourth-order valence-electron chi connectivity index (χ4n) is 3.04. The highest BCUT2D eigenvalue weighted by atomic mass is 16.5. The van der Waals surface area contributed by atoms with Gasteiger partial charge in [0.2, 0.25) is 5.91 Å². The van der Waals surface area contributed by atoms with Crippen molar-refractivity contribution < 1.29 is 14.3 Å². The summed E-state index contributed by atoms with van der Waals surface area (Å²) < 4.78 is 11.5. The van der Waals surface area contributed by atoms with E-state index in [1.54, 1.807) is 0 Å². The molecule has 5 heteroatoms. The molecule has 1 aliphatic heterocycles. The van der Waals surface area contributed by atoms with Crippen LogP contribution in [-0.4, -0.2) is 49.8 Å². The van der Waals surface area contributed by atoms with Crippen LogP contribution in [0, 0.1) is 6.92 Å². The Kier molecular flexibility index (Phi) is 8.77. The minimum atomic E-state index is 0.260. The van der Waals surface area contributed by atoms with Crippen LogP contribution in [0.25, 0.3) is 0 Å². The van der Waals surface area contributed by atoms with Gasteiger partial charge in [0.05, 0.1) is 12.7 Å². The van der Waals surface area contributed by atoms with Crippen LogP contribution in [0.1, 0.15) is 44.1 Å². The molecule has 0 atom stereocenters. The normalized spacial score (nSPS) is 15.4. The van der Waals surface area contributed by atoms with E-state index < -0.39 is 0 Å². The number of unbranched alkanes of at least 4 members (excludes halogenated alkanes) is 1. The molecule has 0 aliphatic carbocycles. The SMILES string of the molecule is Cc1cccc(OCCCCC(=O)N2CCC(OCCCN)CC2)c1. The summed E-state index contributed by atoms with van der Waals surface area (Å²) in [5, 5.41) is 0. The molecule has 5 nitrogen and oxygen atoms in total. The van der Waals surface area contributed by atoms with Gasteiger partial charge in [0.25, 0.3) is 0 Å². The molecule has 140 valence electrons. The van der Waals surface area contributed by atoms with E-state index in [1.807, 2.05) is 23.1 Å². The number of rotatable bonds is 10. The maximum atomic E-state index is 12.3. The van der Waals surface area contributed by atoms with Crippen molar-refractivity contribution in [1.29, 1.82) is 0 Å². The molecule has 2 N–H and O–H groups in total. The summed E-state index contributed by atoms with van der Waals surface area (Å²) in [6.07, 6.45) is 5.45. The molecule has 1 saturated heterocycles. The van der Waals surface area contributed by atoms with Gasteiger partial charge in [-0.05, 0) is 63.3 Å². The van der Waals surface area contributed by atoms with Crippen molar-refractivity contribution in [3.63, 3.8) is 0 Å². The number of hydrogen-bond donors (Lipinski definition) is 1. The van der Waals surface area contributed by atoms with Gasteiger partial charge in [-0.15, -0.1) is 0 Å². The lowest BCUT2D eigenvalue weighted by Crippen LogP contribution is -2.41. The average Bonchev–Trinajstić information content (AvgIpc) is 2.62. The van der Waals surface area contributed by atoms with Crippen molar-refractivity contribution >= 4 is 5.91 Å². The molecule has 1 aromatic rings. The molecular formula is C20H32N2O3. The summed E-state index contributed by atoms with van der Waals surface area (Å²) in [5.41, 5.74) is 6.67. The number of piperidine rings is 1. The Bertz CT molecular complexity index is 513. The number of likely N-dealkylation sites (tertiary alicyclic amines) is 1. The standard InChI is InChI=1S/C20H32N2O3/c1-17-6-4-7-19(16-17)25-14-3-2-8-20(23)22-12-9-18(10-13-22)24-15-5-11-21/h4,6-7,16,18H,2-3,5,8-15,21H2,1H3. The summed E-state index contributed by atoms with van der Waals surface area (Å²) >= 11 is 0. The largest absolute Gasteiger partial charge is 0.494 e. The molecule has 1 fully saturated rings. The van der Waals surface area contributed by atoms with E-state index in [0.29, 0.717) is 25.7 Å². The predicted octanol–water partition coefficient (Wildman–Crippen LogP) is 2.90. The first-order valence-corrected chi connectivity index (χ1v) is 9.48. The molecule has 2 rings (SSSR count). The molecular weight excluding hydrogens is 316 g/mol. The monoisotopic (exact) mass is 348 g/mol. The molecule has 1 amide bonds. The Hall–Kier alpha value is -1.59. The van der Waals surface area contributed by atoms with E-state index in [1.165, 1.54) is 5.56 Å².